The van der Waals surface area contributed by atoms with Gasteiger partial charge in [0.2, 0.25) is 0 Å². The van der Waals surface area contributed by atoms with Gasteiger partial charge in [-0.15, -0.1) is 0 Å². The number of nitrogens with zero attached hydrogens (tertiary/aromatic N) is 4. The molecule has 2 aliphatic rings. The summed E-state index contributed by atoms with van der Waals surface area (Å²) >= 11 is 5.94. The lowest BCUT2D eigenvalue weighted by Gasteiger charge is -2.28. The highest BCUT2D eigenvalue weighted by Gasteiger charge is 2.30. The van der Waals surface area contributed by atoms with Crippen molar-refractivity contribution in [2.45, 2.75) is 37.0 Å². The predicted octanol–water partition coefficient (Wildman–Crippen LogP) is 3.09. The summed E-state index contributed by atoms with van der Waals surface area (Å²) < 4.78 is 5.78. The Morgan fingerprint density at radius 1 is 0.818 bits per heavy atom. The second kappa shape index (κ2) is 5.89. The number of halogens is 1. The Morgan fingerprint density at radius 3 is 2.05 bits per heavy atom. The maximum Gasteiger partial charge on any atom is 0.147 e. The van der Waals surface area contributed by atoms with Crippen LogP contribution in [-0.2, 0) is 4.74 Å². The van der Waals surface area contributed by atoms with E-state index in [1.807, 2.05) is 12.4 Å². The minimum absolute atomic E-state index is 0.205. The molecule has 0 N–H and O–H groups in total. The number of hydrogen-bond donors (Lipinski definition) is 0. The van der Waals surface area contributed by atoms with Gasteiger partial charge in [0.25, 0.3) is 0 Å². The summed E-state index contributed by atoms with van der Waals surface area (Å²) in [6.07, 6.45) is 10.5. The van der Waals surface area contributed by atoms with E-state index in [2.05, 4.69) is 15.0 Å². The molecule has 1 saturated heterocycles. The monoisotopic (exact) mass is 316 g/mol. The first-order valence-electron chi connectivity index (χ1n) is 7.66. The molecule has 2 atom stereocenters. The minimum atomic E-state index is 0.205. The van der Waals surface area contributed by atoms with Gasteiger partial charge >= 0.3 is 0 Å². The zero-order chi connectivity index (χ0) is 14.9. The van der Waals surface area contributed by atoms with Crippen LogP contribution >= 0.6 is 11.6 Å². The number of hydrogen-bond acceptors (Lipinski definition) is 5. The molecule has 0 radical (unpaired) electrons. The summed E-state index contributed by atoms with van der Waals surface area (Å²) in [6, 6.07) is 0. The fourth-order valence-electron chi connectivity index (χ4n) is 2.97. The summed E-state index contributed by atoms with van der Waals surface area (Å²) in [4.78, 5) is 17.7. The van der Waals surface area contributed by atoms with Crippen LogP contribution in [0.5, 0.6) is 0 Å². The summed E-state index contributed by atoms with van der Waals surface area (Å²) in [7, 11) is 0. The molecule has 4 rings (SSSR count). The topological polar surface area (TPSA) is 60.8 Å². The number of rotatable bonds is 3. The van der Waals surface area contributed by atoms with Crippen molar-refractivity contribution >= 4 is 11.6 Å². The van der Waals surface area contributed by atoms with E-state index in [0.29, 0.717) is 24.3 Å². The van der Waals surface area contributed by atoms with Crippen molar-refractivity contribution in [3.05, 3.63) is 47.0 Å². The van der Waals surface area contributed by atoms with Crippen LogP contribution in [0.4, 0.5) is 0 Å². The Kier molecular flexibility index (Phi) is 3.76. The smallest absolute Gasteiger partial charge is 0.147 e. The third kappa shape index (κ3) is 2.96. The van der Waals surface area contributed by atoms with E-state index >= 15 is 0 Å². The van der Waals surface area contributed by atoms with E-state index in [1.54, 1.807) is 12.4 Å². The molecule has 0 bridgehead atoms. The summed E-state index contributed by atoms with van der Waals surface area (Å²) in [6.45, 7) is 1.34. The van der Waals surface area contributed by atoms with Gasteiger partial charge in [0.05, 0.1) is 36.5 Å². The summed E-state index contributed by atoms with van der Waals surface area (Å²) in [5, 5.41) is 0.426. The quantitative estimate of drug-likeness (QED) is 0.871. The van der Waals surface area contributed by atoms with Gasteiger partial charge in [-0.2, -0.15) is 0 Å². The molecule has 3 heterocycles. The molecule has 2 aromatic rings. The fourth-order valence-corrected chi connectivity index (χ4v) is 3.12. The zero-order valence-electron chi connectivity index (χ0n) is 12.2. The van der Waals surface area contributed by atoms with Crippen molar-refractivity contribution in [3.63, 3.8) is 0 Å². The third-order valence-electron chi connectivity index (χ3n) is 4.33. The first-order valence-corrected chi connectivity index (χ1v) is 8.04. The van der Waals surface area contributed by atoms with Gasteiger partial charge in [0, 0.05) is 36.3 Å². The maximum atomic E-state index is 5.94. The van der Waals surface area contributed by atoms with E-state index in [9.17, 15) is 0 Å². The molecule has 2 unspecified atom stereocenters. The molecule has 0 amide bonds. The maximum absolute atomic E-state index is 5.94. The average Bonchev–Trinajstić information content (AvgIpc) is 3.40. The van der Waals surface area contributed by atoms with Crippen molar-refractivity contribution in [1.82, 2.24) is 19.9 Å². The van der Waals surface area contributed by atoms with Crippen LogP contribution in [0.1, 0.15) is 54.1 Å². The van der Waals surface area contributed by atoms with Gasteiger partial charge in [-0.1, -0.05) is 11.6 Å². The van der Waals surface area contributed by atoms with Gasteiger partial charge in [0.15, 0.2) is 0 Å². The van der Waals surface area contributed by atoms with Crippen molar-refractivity contribution < 1.29 is 4.74 Å². The van der Waals surface area contributed by atoms with Crippen LogP contribution in [0.15, 0.2) is 24.8 Å². The molecule has 1 aliphatic carbocycles. The second-order valence-electron chi connectivity index (χ2n) is 6.08. The van der Waals surface area contributed by atoms with E-state index in [-0.39, 0.29) is 11.8 Å². The van der Waals surface area contributed by atoms with Crippen molar-refractivity contribution in [3.8, 4) is 0 Å². The molecular formula is C16H17ClN4O. The Balaban J connectivity index is 1.54. The van der Waals surface area contributed by atoms with E-state index in [4.69, 9.17) is 21.3 Å². The Labute approximate surface area is 134 Å². The minimum Gasteiger partial charge on any atom is -0.380 e. The number of aromatic nitrogens is 4. The zero-order valence-corrected chi connectivity index (χ0v) is 12.9. The molecule has 2 fully saturated rings. The average molecular weight is 317 g/mol. The van der Waals surface area contributed by atoms with Crippen LogP contribution < -0.4 is 0 Å². The normalized spacial score (nSPS) is 25.1. The standard InChI is InChI=1S/C16H17ClN4O/c17-16-7-19-6-15(21-16)12-3-11(8-22-9-12)14-5-18-4-13(20-14)10-1-2-10/h4-7,10-12H,1-3,8-9H2. The fraction of sp³-hybridized carbons (Fsp3) is 0.500. The van der Waals surface area contributed by atoms with Gasteiger partial charge < -0.3 is 4.74 Å². The Bertz CT molecular complexity index is 677. The molecule has 0 spiro atoms. The second-order valence-corrected chi connectivity index (χ2v) is 6.46. The van der Waals surface area contributed by atoms with E-state index in [0.717, 1.165) is 23.5 Å². The first-order chi connectivity index (χ1) is 10.8. The summed E-state index contributed by atoms with van der Waals surface area (Å²) in [5.74, 6) is 1.08. The lowest BCUT2D eigenvalue weighted by molar-refractivity contribution is 0.0618. The van der Waals surface area contributed by atoms with Crippen LogP contribution in [0.2, 0.25) is 5.15 Å². The SMILES string of the molecule is Clc1cncc(C2COCC(c3cncc(C4CC4)n3)C2)n1. The lowest BCUT2D eigenvalue weighted by atomic mass is 9.89. The molecule has 114 valence electrons. The molecule has 22 heavy (non-hydrogen) atoms. The van der Waals surface area contributed by atoms with Crippen LogP contribution in [0.3, 0.4) is 0 Å². The highest BCUT2D eigenvalue weighted by Crippen LogP contribution is 2.39. The van der Waals surface area contributed by atoms with Crippen molar-refractivity contribution in [2.24, 2.45) is 0 Å². The molecular weight excluding hydrogens is 300 g/mol. The number of ether oxygens (including phenoxy) is 1. The summed E-state index contributed by atoms with van der Waals surface area (Å²) in [5.41, 5.74) is 3.05. The molecule has 6 heteroatoms. The van der Waals surface area contributed by atoms with Crippen LogP contribution in [-0.4, -0.2) is 33.1 Å². The molecule has 2 aromatic heterocycles. The first kappa shape index (κ1) is 14.0. The van der Waals surface area contributed by atoms with Crippen LogP contribution in [0, 0.1) is 0 Å². The highest BCUT2D eigenvalue weighted by atomic mass is 35.5. The molecule has 1 aliphatic heterocycles. The van der Waals surface area contributed by atoms with E-state index < -0.39 is 0 Å². The highest BCUT2D eigenvalue weighted by molar-refractivity contribution is 6.29. The predicted molar refractivity (Wildman–Crippen MR) is 82.0 cm³/mol. The van der Waals surface area contributed by atoms with Crippen molar-refractivity contribution in [1.29, 1.82) is 0 Å². The third-order valence-corrected chi connectivity index (χ3v) is 4.52. The Hall–Kier alpha value is -1.59. The largest absolute Gasteiger partial charge is 0.380 e. The lowest BCUT2D eigenvalue weighted by Crippen LogP contribution is -2.24. The van der Waals surface area contributed by atoms with Gasteiger partial charge in [0.1, 0.15) is 5.15 Å². The molecule has 5 nitrogen and oxygen atoms in total. The van der Waals surface area contributed by atoms with E-state index in [1.165, 1.54) is 12.8 Å². The Morgan fingerprint density at radius 2 is 1.41 bits per heavy atom. The van der Waals surface area contributed by atoms with Gasteiger partial charge in [-0.3, -0.25) is 15.0 Å². The van der Waals surface area contributed by atoms with Gasteiger partial charge in [-0.25, -0.2) is 4.98 Å². The van der Waals surface area contributed by atoms with Crippen LogP contribution in [0.25, 0.3) is 0 Å². The molecule has 1 saturated carbocycles. The molecule has 0 aromatic carbocycles. The van der Waals surface area contributed by atoms with Gasteiger partial charge in [-0.05, 0) is 19.3 Å². The van der Waals surface area contributed by atoms with Crippen molar-refractivity contribution in [2.75, 3.05) is 13.2 Å².